The lowest BCUT2D eigenvalue weighted by Gasteiger charge is -2.32. The van der Waals surface area contributed by atoms with Crippen LogP contribution in [-0.2, 0) is 16.1 Å². The predicted octanol–water partition coefficient (Wildman–Crippen LogP) is 2.18. The molecule has 2 N–H and O–H groups in total. The van der Waals surface area contributed by atoms with E-state index in [1.807, 2.05) is 48.3 Å². The number of morpholine rings is 1. The molecule has 1 aliphatic heterocycles. The Labute approximate surface area is 149 Å². The highest BCUT2D eigenvalue weighted by Crippen LogP contribution is 2.26. The molecule has 0 saturated carbocycles. The van der Waals surface area contributed by atoms with Crippen LogP contribution in [0.5, 0.6) is 0 Å². The summed E-state index contributed by atoms with van der Waals surface area (Å²) in [4.78, 5) is 16.4. The van der Waals surface area contributed by atoms with Crippen LogP contribution in [0.2, 0.25) is 0 Å². The van der Waals surface area contributed by atoms with Crippen molar-refractivity contribution in [2.45, 2.75) is 12.6 Å². The molecule has 1 atom stereocenters. The second kappa shape index (κ2) is 8.14. The number of hydrogen-bond donors (Lipinski definition) is 1. The number of hydrogen-bond acceptors (Lipinski definition) is 4. The van der Waals surface area contributed by atoms with E-state index in [1.165, 1.54) is 11.3 Å². The quantitative estimate of drug-likeness (QED) is 0.876. The molecule has 132 valence electrons. The highest BCUT2D eigenvalue weighted by Gasteiger charge is 2.24. The van der Waals surface area contributed by atoms with Crippen LogP contribution in [0.25, 0.3) is 0 Å². The van der Waals surface area contributed by atoms with Gasteiger partial charge >= 0.3 is 0 Å². The molecule has 2 aromatic rings. The molecule has 1 amide bonds. The van der Waals surface area contributed by atoms with Gasteiger partial charge in [-0.15, -0.1) is 0 Å². The fourth-order valence-corrected chi connectivity index (χ4v) is 3.39. The lowest BCUT2D eigenvalue weighted by molar-refractivity contribution is -0.123. The summed E-state index contributed by atoms with van der Waals surface area (Å²) in [6.07, 6.45) is 0. The lowest BCUT2D eigenvalue weighted by atomic mass is 10.0. The average molecular weight is 339 g/mol. The zero-order valence-corrected chi connectivity index (χ0v) is 14.6. The van der Waals surface area contributed by atoms with Gasteiger partial charge in [-0.1, -0.05) is 48.5 Å². The number of nitrogens with zero attached hydrogens (tertiary/aromatic N) is 2. The van der Waals surface area contributed by atoms with Gasteiger partial charge in [0, 0.05) is 25.3 Å². The van der Waals surface area contributed by atoms with Crippen molar-refractivity contribution in [3.05, 3.63) is 65.7 Å². The van der Waals surface area contributed by atoms with Crippen molar-refractivity contribution in [1.82, 2.24) is 4.90 Å². The zero-order chi connectivity index (χ0) is 17.6. The van der Waals surface area contributed by atoms with Crippen molar-refractivity contribution in [3.8, 4) is 0 Å². The number of nitrogens with two attached hydrogens (primary N) is 1. The van der Waals surface area contributed by atoms with Crippen LogP contribution in [0.3, 0.4) is 0 Å². The lowest BCUT2D eigenvalue weighted by Crippen LogP contribution is -2.38. The largest absolute Gasteiger partial charge is 0.378 e. The highest BCUT2D eigenvalue weighted by atomic mass is 16.5. The van der Waals surface area contributed by atoms with E-state index in [2.05, 4.69) is 23.1 Å². The molecule has 1 fully saturated rings. The molecular formula is C20H25N3O2. The maximum Gasteiger partial charge on any atom is 0.239 e. The van der Waals surface area contributed by atoms with E-state index in [9.17, 15) is 4.79 Å². The van der Waals surface area contributed by atoms with Crippen molar-refractivity contribution in [1.29, 1.82) is 0 Å². The minimum Gasteiger partial charge on any atom is -0.378 e. The Kier molecular flexibility index (Phi) is 5.68. The van der Waals surface area contributed by atoms with E-state index in [-0.39, 0.29) is 5.91 Å². The molecule has 0 spiro atoms. The molecule has 0 unspecified atom stereocenters. The van der Waals surface area contributed by atoms with E-state index in [0.29, 0.717) is 6.54 Å². The number of carbonyl (C=O) groups excluding carboxylic acids is 1. The van der Waals surface area contributed by atoms with Gasteiger partial charge in [-0.05, 0) is 24.2 Å². The number of rotatable bonds is 6. The number of para-hydroxylation sites is 1. The second-order valence-corrected chi connectivity index (χ2v) is 6.36. The first-order chi connectivity index (χ1) is 12.2. The summed E-state index contributed by atoms with van der Waals surface area (Å²) >= 11 is 0. The summed E-state index contributed by atoms with van der Waals surface area (Å²) in [5, 5.41) is 0. The zero-order valence-electron chi connectivity index (χ0n) is 14.6. The van der Waals surface area contributed by atoms with Crippen molar-refractivity contribution in [2.75, 3.05) is 38.3 Å². The maximum atomic E-state index is 12.1. The Hall–Kier alpha value is -2.37. The Morgan fingerprint density at radius 1 is 1.12 bits per heavy atom. The monoisotopic (exact) mass is 339 g/mol. The van der Waals surface area contributed by atoms with Crippen molar-refractivity contribution in [3.63, 3.8) is 0 Å². The van der Waals surface area contributed by atoms with E-state index in [0.717, 1.165) is 31.9 Å². The molecule has 3 rings (SSSR count). The van der Waals surface area contributed by atoms with E-state index in [1.54, 1.807) is 0 Å². The van der Waals surface area contributed by atoms with Crippen molar-refractivity contribution < 1.29 is 9.53 Å². The molecule has 0 aromatic heterocycles. The smallest absolute Gasteiger partial charge is 0.239 e. The Morgan fingerprint density at radius 3 is 2.44 bits per heavy atom. The Bertz CT molecular complexity index is 699. The normalized spacial score (nSPS) is 16.0. The van der Waals surface area contributed by atoms with Crippen LogP contribution in [-0.4, -0.2) is 44.2 Å². The van der Waals surface area contributed by atoms with E-state index < -0.39 is 6.04 Å². The average Bonchev–Trinajstić information content (AvgIpc) is 2.63. The summed E-state index contributed by atoms with van der Waals surface area (Å²) in [6, 6.07) is 17.6. The van der Waals surface area contributed by atoms with Gasteiger partial charge in [-0.2, -0.15) is 0 Å². The van der Waals surface area contributed by atoms with Crippen LogP contribution in [0.4, 0.5) is 5.69 Å². The summed E-state index contributed by atoms with van der Waals surface area (Å²) in [7, 11) is 1.94. The fraction of sp³-hybridized carbons (Fsp3) is 0.350. The third-order valence-corrected chi connectivity index (χ3v) is 4.59. The van der Waals surface area contributed by atoms with Gasteiger partial charge in [0.2, 0.25) is 5.91 Å². The van der Waals surface area contributed by atoms with E-state index >= 15 is 0 Å². The van der Waals surface area contributed by atoms with E-state index in [4.69, 9.17) is 10.5 Å². The summed E-state index contributed by atoms with van der Waals surface area (Å²) < 4.78 is 5.46. The van der Waals surface area contributed by atoms with Gasteiger partial charge in [0.15, 0.2) is 0 Å². The van der Waals surface area contributed by atoms with Crippen LogP contribution in [0.15, 0.2) is 54.6 Å². The van der Waals surface area contributed by atoms with Gasteiger partial charge in [0.1, 0.15) is 6.04 Å². The van der Waals surface area contributed by atoms with Gasteiger partial charge < -0.3 is 15.4 Å². The van der Waals surface area contributed by atoms with Crippen molar-refractivity contribution in [2.24, 2.45) is 5.73 Å². The number of primary amides is 1. The number of ether oxygens (including phenoxy) is 1. The number of likely N-dealkylation sites (N-methyl/N-ethyl adjacent to an activating group) is 1. The van der Waals surface area contributed by atoms with Crippen LogP contribution < -0.4 is 10.6 Å². The molecule has 0 bridgehead atoms. The standard InChI is InChI=1S/C20H25N3O2/c1-22(19(20(21)24)16-7-3-2-4-8-16)15-17-9-5-6-10-18(17)23-11-13-25-14-12-23/h2-10,19H,11-15H2,1H3,(H2,21,24)/t19-/m0/s1. The first-order valence-electron chi connectivity index (χ1n) is 8.62. The number of anilines is 1. The maximum absolute atomic E-state index is 12.1. The molecule has 25 heavy (non-hydrogen) atoms. The molecule has 2 aromatic carbocycles. The number of benzene rings is 2. The molecule has 5 heteroatoms. The molecule has 0 radical (unpaired) electrons. The SMILES string of the molecule is CN(Cc1ccccc1N1CCOCC1)[C@H](C(N)=O)c1ccccc1. The molecular weight excluding hydrogens is 314 g/mol. The Balaban J connectivity index is 1.82. The molecule has 0 aliphatic carbocycles. The van der Waals surface area contributed by atoms with Crippen LogP contribution >= 0.6 is 0 Å². The highest BCUT2D eigenvalue weighted by molar-refractivity contribution is 5.81. The predicted molar refractivity (Wildman–Crippen MR) is 99.3 cm³/mol. The minimum absolute atomic E-state index is 0.336. The Morgan fingerprint density at radius 2 is 1.76 bits per heavy atom. The topological polar surface area (TPSA) is 58.8 Å². The summed E-state index contributed by atoms with van der Waals surface area (Å²) in [5.41, 5.74) is 9.01. The minimum atomic E-state index is -0.445. The van der Waals surface area contributed by atoms with Gasteiger partial charge in [-0.3, -0.25) is 9.69 Å². The van der Waals surface area contributed by atoms with Gasteiger partial charge in [0.25, 0.3) is 0 Å². The van der Waals surface area contributed by atoms with Gasteiger partial charge in [0.05, 0.1) is 13.2 Å². The molecule has 1 saturated heterocycles. The summed E-state index contributed by atoms with van der Waals surface area (Å²) in [5.74, 6) is -0.336. The molecule has 1 aliphatic rings. The number of amides is 1. The van der Waals surface area contributed by atoms with Crippen LogP contribution in [0, 0.1) is 0 Å². The van der Waals surface area contributed by atoms with Crippen LogP contribution in [0.1, 0.15) is 17.2 Å². The molecule has 5 nitrogen and oxygen atoms in total. The van der Waals surface area contributed by atoms with Gasteiger partial charge in [-0.25, -0.2) is 0 Å². The number of carbonyl (C=O) groups is 1. The first kappa shape index (κ1) is 17.5. The second-order valence-electron chi connectivity index (χ2n) is 6.36. The first-order valence-corrected chi connectivity index (χ1v) is 8.62. The molecule has 1 heterocycles. The fourth-order valence-electron chi connectivity index (χ4n) is 3.39. The third kappa shape index (κ3) is 4.18. The third-order valence-electron chi connectivity index (χ3n) is 4.59. The van der Waals surface area contributed by atoms with Crippen molar-refractivity contribution >= 4 is 11.6 Å². The summed E-state index contributed by atoms with van der Waals surface area (Å²) in [6.45, 7) is 3.92.